The quantitative estimate of drug-likeness (QED) is 0.291. The molecule has 0 aliphatic rings. The summed E-state index contributed by atoms with van der Waals surface area (Å²) in [6.07, 6.45) is 2.66. The molecule has 9 nitrogen and oxygen atoms in total. The molecular formula is C16H36N3O6S+. The predicted octanol–water partition coefficient (Wildman–Crippen LogP) is 0.430. The van der Waals surface area contributed by atoms with Crippen LogP contribution in [0.25, 0.3) is 0 Å². The lowest BCUT2D eigenvalue weighted by molar-refractivity contribution is -0.890. The molecule has 0 aromatic rings. The van der Waals surface area contributed by atoms with Crippen LogP contribution in [0.1, 0.15) is 26.7 Å². The molecule has 0 bridgehead atoms. The smallest absolute Gasteiger partial charge is 0.320 e. The van der Waals surface area contributed by atoms with Crippen LogP contribution < -0.4 is 5.73 Å². The van der Waals surface area contributed by atoms with E-state index in [1.54, 1.807) is 25.9 Å². The molecule has 0 aliphatic carbocycles. The Bertz CT molecular complexity index is 518. The fourth-order valence-electron chi connectivity index (χ4n) is 1.61. The van der Waals surface area contributed by atoms with E-state index in [0.717, 1.165) is 30.1 Å². The zero-order valence-electron chi connectivity index (χ0n) is 16.8. The van der Waals surface area contributed by atoms with Crippen LogP contribution in [-0.2, 0) is 19.7 Å². The van der Waals surface area contributed by atoms with E-state index in [-0.39, 0.29) is 11.8 Å². The molecule has 0 saturated carbocycles. The van der Waals surface area contributed by atoms with Gasteiger partial charge in [0, 0.05) is 6.42 Å². The minimum absolute atomic E-state index is 0.127. The lowest BCUT2D eigenvalue weighted by atomic mass is 10.3. The molecule has 0 heterocycles. The summed E-state index contributed by atoms with van der Waals surface area (Å²) in [4.78, 5) is 21.2. The van der Waals surface area contributed by atoms with Crippen molar-refractivity contribution in [2.45, 2.75) is 32.7 Å². The number of nitrogens with zero attached hydrogens (tertiary/aromatic N) is 2. The topological polar surface area (TPSA) is 138 Å². The number of primary amides is 1. The molecule has 0 rings (SSSR count). The van der Waals surface area contributed by atoms with Crippen molar-refractivity contribution in [1.29, 1.82) is 0 Å². The van der Waals surface area contributed by atoms with Crippen LogP contribution in [0, 0.1) is 0 Å². The molecule has 4 N–H and O–H groups in total. The number of hydrogen-bond donors (Lipinski definition) is 3. The first-order chi connectivity index (χ1) is 11.6. The number of carboxylic acids is 1. The van der Waals surface area contributed by atoms with E-state index in [4.69, 9.17) is 9.66 Å². The van der Waals surface area contributed by atoms with Crippen molar-refractivity contribution in [3.05, 3.63) is 12.7 Å². The summed E-state index contributed by atoms with van der Waals surface area (Å²) in [6.45, 7) is 8.65. The molecule has 0 saturated heterocycles. The predicted molar refractivity (Wildman–Crippen MR) is 103 cm³/mol. The molecule has 0 aliphatic heterocycles. The van der Waals surface area contributed by atoms with Crippen LogP contribution in [0.15, 0.2) is 12.7 Å². The van der Waals surface area contributed by atoms with Crippen LogP contribution in [0.3, 0.4) is 0 Å². The normalized spacial score (nSPS) is 12.2. The number of aliphatic carboxylic acids is 1. The summed E-state index contributed by atoms with van der Waals surface area (Å²) in [5.41, 5.74) is 4.53. The molecular weight excluding hydrogens is 362 g/mol. The molecule has 1 amide bonds. The van der Waals surface area contributed by atoms with Gasteiger partial charge >= 0.3 is 5.97 Å². The first-order valence-corrected chi connectivity index (χ1v) is 9.78. The minimum Gasteiger partial charge on any atom is -0.480 e. The second kappa shape index (κ2) is 14.7. The second-order valence-electron chi connectivity index (χ2n) is 6.61. The number of quaternary nitrogens is 1. The number of nitrogens with two attached hydrogens (primary N) is 1. The number of carboxylic acid groups (broad SMARTS) is 1. The third-order valence-electron chi connectivity index (χ3n) is 3.33. The van der Waals surface area contributed by atoms with Gasteiger partial charge < -0.3 is 15.3 Å². The van der Waals surface area contributed by atoms with Crippen molar-refractivity contribution in [3.8, 4) is 0 Å². The van der Waals surface area contributed by atoms with Crippen molar-refractivity contribution in [3.63, 3.8) is 0 Å². The Morgan fingerprint density at radius 3 is 1.88 bits per heavy atom. The average Bonchev–Trinajstić information content (AvgIpc) is 2.45. The number of carbonyl (C=O) groups is 2. The fraction of sp³-hybridized carbons (Fsp3) is 0.750. The van der Waals surface area contributed by atoms with E-state index in [9.17, 15) is 18.0 Å². The molecule has 1 unspecified atom stereocenters. The van der Waals surface area contributed by atoms with Gasteiger partial charge in [-0.15, -0.1) is 0 Å². The first-order valence-electron chi connectivity index (χ1n) is 8.17. The molecule has 0 fully saturated rings. The number of rotatable bonds is 9. The van der Waals surface area contributed by atoms with Gasteiger partial charge in [0.1, 0.15) is 6.04 Å². The average molecular weight is 399 g/mol. The molecule has 156 valence electrons. The number of hydrogen-bond acceptors (Lipinski definition) is 5. The zero-order chi connectivity index (χ0) is 21.6. The lowest BCUT2D eigenvalue weighted by Crippen LogP contribution is -2.41. The molecule has 10 heteroatoms. The van der Waals surface area contributed by atoms with E-state index < -0.39 is 22.0 Å². The highest BCUT2D eigenvalue weighted by molar-refractivity contribution is 7.85. The molecule has 26 heavy (non-hydrogen) atoms. The molecule has 0 aromatic carbocycles. The van der Waals surface area contributed by atoms with E-state index in [1.165, 1.54) is 0 Å². The fourth-order valence-corrected chi connectivity index (χ4v) is 2.11. The van der Waals surface area contributed by atoms with Crippen molar-refractivity contribution in [1.82, 2.24) is 4.90 Å². The van der Waals surface area contributed by atoms with Crippen molar-refractivity contribution in [2.24, 2.45) is 5.73 Å². The Hall–Kier alpha value is -1.49. The third-order valence-corrected chi connectivity index (χ3v) is 4.13. The summed E-state index contributed by atoms with van der Waals surface area (Å²) >= 11 is 0. The summed E-state index contributed by atoms with van der Waals surface area (Å²) in [6, 6.07) is -0.380. The Kier molecular flexibility index (Phi) is 16.5. The second-order valence-corrected chi connectivity index (χ2v) is 8.18. The van der Waals surface area contributed by atoms with Gasteiger partial charge in [0.2, 0.25) is 5.91 Å². The molecule has 0 aromatic heterocycles. The Morgan fingerprint density at radius 1 is 1.27 bits per heavy atom. The maximum absolute atomic E-state index is 10.4. The maximum Gasteiger partial charge on any atom is 0.320 e. The SMILES string of the molecule is C=CC(N)=O.CC(C(=O)O)N(C)C.CCC[N+](C)(C)CCCS(=O)(=O)O. The van der Waals surface area contributed by atoms with Gasteiger partial charge in [-0.25, -0.2) is 0 Å². The monoisotopic (exact) mass is 398 g/mol. The van der Waals surface area contributed by atoms with E-state index in [2.05, 4.69) is 33.3 Å². The van der Waals surface area contributed by atoms with E-state index in [1.807, 2.05) is 0 Å². The molecule has 0 radical (unpaired) electrons. The summed E-state index contributed by atoms with van der Waals surface area (Å²) < 4.78 is 30.2. The largest absolute Gasteiger partial charge is 0.480 e. The van der Waals surface area contributed by atoms with Gasteiger partial charge in [-0.1, -0.05) is 13.5 Å². The van der Waals surface area contributed by atoms with Crippen molar-refractivity contribution >= 4 is 22.0 Å². The van der Waals surface area contributed by atoms with Crippen LogP contribution in [-0.4, -0.2) is 92.4 Å². The number of likely N-dealkylation sites (N-methyl/N-ethyl adjacent to an activating group) is 1. The van der Waals surface area contributed by atoms with Crippen LogP contribution in [0.5, 0.6) is 0 Å². The Morgan fingerprint density at radius 2 is 1.69 bits per heavy atom. The number of carbonyl (C=O) groups excluding carboxylic acids is 1. The van der Waals surface area contributed by atoms with Gasteiger partial charge in [-0.3, -0.25) is 19.0 Å². The van der Waals surface area contributed by atoms with E-state index >= 15 is 0 Å². The number of amides is 1. The van der Waals surface area contributed by atoms with E-state index in [0.29, 0.717) is 6.42 Å². The third kappa shape index (κ3) is 24.8. The summed E-state index contributed by atoms with van der Waals surface area (Å²) in [5.74, 6) is -1.39. The standard InChI is InChI=1S/C8H19NO3S.C5H11NO2.C3H5NO/c1-4-6-9(2,3)7-5-8-13(10,11)12;1-4(5(7)8)6(2)3;1-2-3(4)5/h4-8H2,1-3H3;4H,1-3H3,(H,7,8);2H,1H2,(H2,4,5)/p+1. The van der Waals surface area contributed by atoms with Gasteiger partial charge in [0.05, 0.1) is 32.9 Å². The highest BCUT2D eigenvalue weighted by Crippen LogP contribution is 2.02. The minimum atomic E-state index is -3.77. The Balaban J connectivity index is -0.000000346. The van der Waals surface area contributed by atoms with Gasteiger partial charge in [-0.05, 0) is 33.5 Å². The van der Waals surface area contributed by atoms with Crippen LogP contribution in [0.2, 0.25) is 0 Å². The first kappa shape index (κ1) is 29.3. The summed E-state index contributed by atoms with van der Waals surface area (Å²) in [7, 11) is 3.82. The highest BCUT2D eigenvalue weighted by atomic mass is 32.2. The van der Waals surface area contributed by atoms with Crippen molar-refractivity contribution in [2.75, 3.05) is 47.0 Å². The lowest BCUT2D eigenvalue weighted by Gasteiger charge is -2.29. The molecule has 1 atom stereocenters. The van der Waals surface area contributed by atoms with Gasteiger partial charge in [0.15, 0.2) is 0 Å². The maximum atomic E-state index is 10.4. The highest BCUT2D eigenvalue weighted by Gasteiger charge is 2.15. The molecule has 0 spiro atoms. The summed E-state index contributed by atoms with van der Waals surface area (Å²) in [5, 5.41) is 8.31. The van der Waals surface area contributed by atoms with Crippen LogP contribution >= 0.6 is 0 Å². The van der Waals surface area contributed by atoms with Gasteiger partial charge in [0.25, 0.3) is 10.1 Å². The van der Waals surface area contributed by atoms with Crippen LogP contribution in [0.4, 0.5) is 0 Å². The zero-order valence-corrected chi connectivity index (χ0v) is 17.6. The Labute approximate surface area is 157 Å². The van der Waals surface area contributed by atoms with Gasteiger partial charge in [-0.2, -0.15) is 8.42 Å². The van der Waals surface area contributed by atoms with Crippen molar-refractivity contribution < 1.29 is 32.1 Å².